The Bertz CT molecular complexity index is 414. The van der Waals surface area contributed by atoms with E-state index in [1.807, 2.05) is 13.8 Å². The second-order valence-electron chi connectivity index (χ2n) is 3.97. The Labute approximate surface area is 122 Å². The van der Waals surface area contributed by atoms with Crippen LogP contribution in [0.3, 0.4) is 0 Å². The zero-order chi connectivity index (χ0) is 13.7. The molecule has 1 unspecified atom stereocenters. The summed E-state index contributed by atoms with van der Waals surface area (Å²) in [7, 11) is 0. The number of anilines is 1. The van der Waals surface area contributed by atoms with Crippen molar-refractivity contribution in [2.75, 3.05) is 11.9 Å². The van der Waals surface area contributed by atoms with Crippen molar-refractivity contribution in [3.05, 3.63) is 27.2 Å². The maximum absolute atomic E-state index is 11.6. The summed E-state index contributed by atoms with van der Waals surface area (Å²) in [5.41, 5.74) is 0.516. The third-order valence-electron chi connectivity index (χ3n) is 2.45. The van der Waals surface area contributed by atoms with Crippen LogP contribution in [0.1, 0.15) is 20.3 Å². The summed E-state index contributed by atoms with van der Waals surface area (Å²) in [5, 5.41) is 6.98. The molecule has 0 heterocycles. The summed E-state index contributed by atoms with van der Waals surface area (Å²) in [6.07, 6.45) is 0.883. The molecule has 0 aromatic heterocycles. The predicted molar refractivity (Wildman–Crippen MR) is 77.9 cm³/mol. The van der Waals surface area contributed by atoms with Gasteiger partial charge in [-0.15, -0.1) is 0 Å². The Hall–Kier alpha value is -0.640. The Kier molecular flexibility index (Phi) is 6.06. The lowest BCUT2D eigenvalue weighted by atomic mass is 10.2. The highest BCUT2D eigenvalue weighted by atomic mass is 35.5. The van der Waals surface area contributed by atoms with Gasteiger partial charge in [-0.05, 0) is 25.5 Å². The normalized spacial score (nSPS) is 12.1. The molecule has 18 heavy (non-hydrogen) atoms. The van der Waals surface area contributed by atoms with E-state index in [1.165, 1.54) is 0 Å². The summed E-state index contributed by atoms with van der Waals surface area (Å²) >= 11 is 17.8. The Morgan fingerprint density at radius 1 is 1.28 bits per heavy atom. The second-order valence-corrected chi connectivity index (χ2v) is 5.23. The van der Waals surface area contributed by atoms with Crippen molar-refractivity contribution in [3.8, 4) is 0 Å². The van der Waals surface area contributed by atoms with Crippen molar-refractivity contribution in [3.63, 3.8) is 0 Å². The molecule has 0 bridgehead atoms. The number of carbonyl (C=O) groups is 1. The van der Waals surface area contributed by atoms with E-state index < -0.39 is 0 Å². The summed E-state index contributed by atoms with van der Waals surface area (Å²) in [6, 6.07) is 3.30. The maximum Gasteiger partial charge on any atom is 0.239 e. The van der Waals surface area contributed by atoms with Gasteiger partial charge in [0, 0.05) is 11.1 Å². The van der Waals surface area contributed by atoms with E-state index in [1.54, 1.807) is 12.1 Å². The fraction of sp³-hybridized carbons (Fsp3) is 0.417. The third-order valence-corrected chi connectivity index (χ3v) is 3.27. The van der Waals surface area contributed by atoms with Crippen LogP contribution < -0.4 is 10.6 Å². The molecule has 1 aromatic carbocycles. The third kappa shape index (κ3) is 4.56. The van der Waals surface area contributed by atoms with Crippen LogP contribution in [0.4, 0.5) is 5.69 Å². The van der Waals surface area contributed by atoms with Crippen molar-refractivity contribution in [2.24, 2.45) is 0 Å². The molecular weight excluding hydrogens is 295 g/mol. The predicted octanol–water partition coefficient (Wildman–Crippen LogP) is 3.97. The molecule has 0 saturated carbocycles. The fourth-order valence-corrected chi connectivity index (χ4v) is 2.26. The highest BCUT2D eigenvalue weighted by Gasteiger charge is 2.10. The summed E-state index contributed by atoms with van der Waals surface area (Å²) in [4.78, 5) is 11.6. The van der Waals surface area contributed by atoms with Crippen LogP contribution in [-0.2, 0) is 4.79 Å². The van der Waals surface area contributed by atoms with E-state index in [0.717, 1.165) is 6.42 Å². The van der Waals surface area contributed by atoms with Gasteiger partial charge in [-0.25, -0.2) is 0 Å². The average Bonchev–Trinajstić information content (AvgIpc) is 2.27. The quantitative estimate of drug-likeness (QED) is 0.864. The number of amides is 1. The lowest BCUT2D eigenvalue weighted by Crippen LogP contribution is -2.36. The second kappa shape index (κ2) is 7.07. The summed E-state index contributed by atoms with van der Waals surface area (Å²) < 4.78 is 0. The Balaban J connectivity index is 2.61. The monoisotopic (exact) mass is 308 g/mol. The van der Waals surface area contributed by atoms with Crippen LogP contribution in [0, 0.1) is 0 Å². The molecule has 1 aromatic rings. The molecule has 1 atom stereocenters. The highest BCUT2D eigenvalue weighted by molar-refractivity contribution is 6.41. The molecule has 1 rings (SSSR count). The molecule has 0 spiro atoms. The largest absolute Gasteiger partial charge is 0.374 e. The minimum atomic E-state index is -0.105. The van der Waals surface area contributed by atoms with Gasteiger partial charge in [0.25, 0.3) is 0 Å². The first-order valence-electron chi connectivity index (χ1n) is 5.61. The van der Waals surface area contributed by atoms with Crippen LogP contribution in [0.25, 0.3) is 0 Å². The standard InChI is InChI=1S/C12H15Cl3N2O/c1-3-7(2)17-11(18)6-16-12-9(14)4-8(13)5-10(12)15/h4-5,7,16H,3,6H2,1-2H3,(H,17,18). The topological polar surface area (TPSA) is 41.1 Å². The summed E-state index contributed by atoms with van der Waals surface area (Å²) in [6.45, 7) is 4.07. The molecule has 0 aliphatic rings. The molecule has 6 heteroatoms. The smallest absolute Gasteiger partial charge is 0.239 e. The number of hydrogen-bond donors (Lipinski definition) is 2. The Morgan fingerprint density at radius 3 is 2.33 bits per heavy atom. The lowest BCUT2D eigenvalue weighted by Gasteiger charge is -2.14. The van der Waals surface area contributed by atoms with E-state index >= 15 is 0 Å². The molecule has 0 aliphatic carbocycles. The molecule has 2 N–H and O–H groups in total. The van der Waals surface area contributed by atoms with Crippen molar-refractivity contribution in [1.29, 1.82) is 0 Å². The molecule has 0 radical (unpaired) electrons. The highest BCUT2D eigenvalue weighted by Crippen LogP contribution is 2.33. The number of nitrogens with one attached hydrogen (secondary N) is 2. The van der Waals surface area contributed by atoms with Crippen LogP contribution in [0.2, 0.25) is 15.1 Å². The van der Waals surface area contributed by atoms with Crippen LogP contribution in [-0.4, -0.2) is 18.5 Å². The van der Waals surface area contributed by atoms with Crippen LogP contribution >= 0.6 is 34.8 Å². The maximum atomic E-state index is 11.6. The fourth-order valence-electron chi connectivity index (χ4n) is 1.31. The van der Waals surface area contributed by atoms with Crippen LogP contribution in [0.5, 0.6) is 0 Å². The van der Waals surface area contributed by atoms with E-state index in [9.17, 15) is 4.79 Å². The number of carbonyl (C=O) groups excluding carboxylic acids is 1. The SMILES string of the molecule is CCC(C)NC(=O)CNc1c(Cl)cc(Cl)cc1Cl. The van der Waals surface area contributed by atoms with Gasteiger partial charge >= 0.3 is 0 Å². The number of rotatable bonds is 5. The first kappa shape index (κ1) is 15.4. The van der Waals surface area contributed by atoms with Gasteiger partial charge in [0.15, 0.2) is 0 Å². The Morgan fingerprint density at radius 2 is 1.83 bits per heavy atom. The van der Waals surface area contributed by atoms with E-state index in [-0.39, 0.29) is 18.5 Å². The molecule has 0 saturated heterocycles. The number of hydrogen-bond acceptors (Lipinski definition) is 2. The van der Waals surface area contributed by atoms with E-state index in [2.05, 4.69) is 10.6 Å². The molecule has 1 amide bonds. The van der Waals surface area contributed by atoms with Gasteiger partial charge in [0.1, 0.15) is 0 Å². The van der Waals surface area contributed by atoms with Crippen molar-refractivity contribution < 1.29 is 4.79 Å². The summed E-state index contributed by atoms with van der Waals surface area (Å²) in [5.74, 6) is -0.105. The number of benzene rings is 1. The molecule has 0 aliphatic heterocycles. The zero-order valence-corrected chi connectivity index (χ0v) is 12.5. The van der Waals surface area contributed by atoms with Gasteiger partial charge in [0.05, 0.1) is 22.3 Å². The van der Waals surface area contributed by atoms with Crippen molar-refractivity contribution in [1.82, 2.24) is 5.32 Å². The van der Waals surface area contributed by atoms with E-state index in [4.69, 9.17) is 34.8 Å². The zero-order valence-electron chi connectivity index (χ0n) is 10.2. The first-order chi connectivity index (χ1) is 8.43. The van der Waals surface area contributed by atoms with E-state index in [0.29, 0.717) is 20.8 Å². The molecule has 0 fully saturated rings. The molecule has 3 nitrogen and oxygen atoms in total. The minimum absolute atomic E-state index is 0.105. The van der Waals surface area contributed by atoms with Crippen molar-refractivity contribution >= 4 is 46.4 Å². The number of halogens is 3. The first-order valence-corrected chi connectivity index (χ1v) is 6.75. The van der Waals surface area contributed by atoms with Gasteiger partial charge < -0.3 is 10.6 Å². The van der Waals surface area contributed by atoms with Crippen LogP contribution in [0.15, 0.2) is 12.1 Å². The minimum Gasteiger partial charge on any atom is -0.374 e. The lowest BCUT2D eigenvalue weighted by molar-refractivity contribution is -0.120. The van der Waals surface area contributed by atoms with Gasteiger partial charge in [-0.3, -0.25) is 4.79 Å². The molecule has 100 valence electrons. The van der Waals surface area contributed by atoms with Gasteiger partial charge in [-0.2, -0.15) is 0 Å². The molecular formula is C12H15Cl3N2O. The van der Waals surface area contributed by atoms with Gasteiger partial charge in [-0.1, -0.05) is 41.7 Å². The average molecular weight is 310 g/mol. The van der Waals surface area contributed by atoms with Gasteiger partial charge in [0.2, 0.25) is 5.91 Å². The van der Waals surface area contributed by atoms with Crippen molar-refractivity contribution in [2.45, 2.75) is 26.3 Å².